The van der Waals surface area contributed by atoms with Crippen LogP contribution in [-0.4, -0.2) is 79.0 Å². The van der Waals surface area contributed by atoms with Gasteiger partial charge in [-0.1, -0.05) is 0 Å². The third kappa shape index (κ3) is 3.11. The summed E-state index contributed by atoms with van der Waals surface area (Å²) in [5, 5.41) is 2.04. The lowest BCUT2D eigenvalue weighted by Crippen LogP contribution is -2.43. The minimum atomic E-state index is -3.37. The molecule has 0 saturated carbocycles. The molecule has 1 aromatic rings. The van der Waals surface area contributed by atoms with Crippen molar-refractivity contribution in [2.45, 2.75) is 11.3 Å². The van der Waals surface area contributed by atoms with E-state index < -0.39 is 21.1 Å². The predicted molar refractivity (Wildman–Crippen MR) is 82.8 cm³/mol. The summed E-state index contributed by atoms with van der Waals surface area (Å²) in [4.78, 5) is 33.4. The molecule has 0 unspecified atom stereocenters. The summed E-state index contributed by atoms with van der Waals surface area (Å²) in [6, 6.07) is -0.512. The lowest BCUT2D eigenvalue weighted by molar-refractivity contribution is -0.125. The highest BCUT2D eigenvalue weighted by atomic mass is 32.2. The van der Waals surface area contributed by atoms with Crippen LogP contribution in [0.2, 0.25) is 0 Å². The number of sulfone groups is 1. The van der Waals surface area contributed by atoms with Crippen LogP contribution < -0.4 is 5.32 Å². The monoisotopic (exact) mass is 354 g/mol. The van der Waals surface area contributed by atoms with Gasteiger partial charge in [-0.2, -0.15) is 0 Å². The zero-order valence-corrected chi connectivity index (χ0v) is 13.9. The molecule has 0 bridgehead atoms. The number of likely N-dealkylation sites (tertiary alicyclic amines) is 1. The number of rotatable bonds is 4. The molecule has 0 radical (unpaired) electrons. The van der Waals surface area contributed by atoms with E-state index in [1.807, 2.05) is 0 Å². The summed E-state index contributed by atoms with van der Waals surface area (Å²) < 4.78 is 29.5. The Morgan fingerprint density at radius 3 is 2.83 bits per heavy atom. The van der Waals surface area contributed by atoms with Crippen molar-refractivity contribution in [1.82, 2.24) is 20.2 Å². The van der Waals surface area contributed by atoms with Crippen molar-refractivity contribution in [1.29, 1.82) is 0 Å². The van der Waals surface area contributed by atoms with E-state index in [0.29, 0.717) is 0 Å². The van der Waals surface area contributed by atoms with Gasteiger partial charge in [0, 0.05) is 44.6 Å². The van der Waals surface area contributed by atoms with Crippen molar-refractivity contribution < 1.29 is 22.7 Å². The Morgan fingerprint density at radius 1 is 1.38 bits per heavy atom. The van der Waals surface area contributed by atoms with E-state index in [9.17, 15) is 18.0 Å². The third-order valence-electron chi connectivity index (χ3n) is 4.39. The van der Waals surface area contributed by atoms with E-state index in [0.717, 1.165) is 0 Å². The van der Waals surface area contributed by atoms with E-state index in [1.54, 1.807) is 0 Å². The zero-order valence-electron chi connectivity index (χ0n) is 13.1. The first-order chi connectivity index (χ1) is 11.4. The van der Waals surface area contributed by atoms with Crippen molar-refractivity contribution in [3.05, 3.63) is 24.3 Å². The van der Waals surface area contributed by atoms with Gasteiger partial charge in [0.05, 0.1) is 17.2 Å². The highest BCUT2D eigenvalue weighted by Gasteiger charge is 2.53. The summed E-state index contributed by atoms with van der Waals surface area (Å²) in [5.41, 5.74) is 0.176. The number of carbonyl (C=O) groups excluding carboxylic acids is 2. The van der Waals surface area contributed by atoms with Crippen LogP contribution in [0, 0.1) is 5.92 Å². The molecule has 3 rings (SSSR count). The van der Waals surface area contributed by atoms with Crippen LogP contribution >= 0.6 is 0 Å². The van der Waals surface area contributed by atoms with E-state index >= 15 is 0 Å². The second-order valence-electron chi connectivity index (χ2n) is 5.94. The Bertz CT molecular complexity index is 739. The average Bonchev–Trinajstić information content (AvgIpc) is 3.08. The minimum absolute atomic E-state index is 0.106. The van der Waals surface area contributed by atoms with Gasteiger partial charge in [-0.25, -0.2) is 13.4 Å². The van der Waals surface area contributed by atoms with Gasteiger partial charge in [0.15, 0.2) is 9.84 Å². The topological polar surface area (TPSA) is 119 Å². The molecule has 1 aromatic heterocycles. The second-order valence-corrected chi connectivity index (χ2v) is 8.20. The number of hydrogen-bond acceptors (Lipinski definition) is 7. The summed E-state index contributed by atoms with van der Waals surface area (Å²) in [6.45, 7) is 0.243. The van der Waals surface area contributed by atoms with Crippen LogP contribution in [0.3, 0.4) is 0 Å². The molecule has 9 nitrogen and oxygen atoms in total. The number of fused-ring (bicyclic) bond motifs is 1. The quantitative estimate of drug-likeness (QED) is 0.697. The van der Waals surface area contributed by atoms with E-state index in [1.165, 1.54) is 30.6 Å². The van der Waals surface area contributed by atoms with Gasteiger partial charge in [0.2, 0.25) is 5.91 Å². The Hall–Kier alpha value is -2.07. The number of carbonyl (C=O) groups is 2. The van der Waals surface area contributed by atoms with Crippen LogP contribution in [0.1, 0.15) is 10.5 Å². The Balaban J connectivity index is 1.75. The smallest absolute Gasteiger partial charge is 0.274 e. The standard InChI is InChI=1S/C14H18N4O5S/c1-23-7-13(19)17-11-8-24(21,22)12-6-18(5-9(11)12)14(20)10-4-15-2-3-16-10/h2-4,9,11-12H,5-8H2,1H3,(H,17,19)/t9-,11+,12-/m0/s1. The summed E-state index contributed by atoms with van der Waals surface area (Å²) in [6.07, 6.45) is 4.22. The van der Waals surface area contributed by atoms with Gasteiger partial charge in [-0.05, 0) is 0 Å². The number of methoxy groups -OCH3 is 1. The lowest BCUT2D eigenvalue weighted by atomic mass is 10.0. The zero-order chi connectivity index (χ0) is 17.3. The van der Waals surface area contributed by atoms with Crippen LogP contribution in [0.5, 0.6) is 0 Å². The third-order valence-corrected chi connectivity index (χ3v) is 6.64. The molecule has 24 heavy (non-hydrogen) atoms. The number of ether oxygens (including phenoxy) is 1. The fraction of sp³-hybridized carbons (Fsp3) is 0.571. The Morgan fingerprint density at radius 2 is 2.17 bits per heavy atom. The number of nitrogens with one attached hydrogen (secondary N) is 1. The highest BCUT2D eigenvalue weighted by Crippen LogP contribution is 2.34. The van der Waals surface area contributed by atoms with Crippen LogP contribution in [0.4, 0.5) is 0 Å². The van der Waals surface area contributed by atoms with Crippen molar-refractivity contribution in [3.63, 3.8) is 0 Å². The summed E-state index contributed by atoms with van der Waals surface area (Å²) in [7, 11) is -1.97. The van der Waals surface area contributed by atoms with E-state index in [2.05, 4.69) is 15.3 Å². The van der Waals surface area contributed by atoms with Crippen molar-refractivity contribution >= 4 is 21.7 Å². The van der Waals surface area contributed by atoms with Crippen molar-refractivity contribution in [3.8, 4) is 0 Å². The van der Waals surface area contributed by atoms with E-state index in [-0.39, 0.29) is 48.9 Å². The largest absolute Gasteiger partial charge is 0.375 e. The molecule has 2 saturated heterocycles. The molecule has 130 valence electrons. The maximum Gasteiger partial charge on any atom is 0.274 e. The fourth-order valence-electron chi connectivity index (χ4n) is 3.33. The summed E-state index contributed by atoms with van der Waals surface area (Å²) in [5.74, 6) is -1.14. The Kier molecular flexibility index (Phi) is 4.50. The van der Waals surface area contributed by atoms with E-state index in [4.69, 9.17) is 4.74 Å². The second kappa shape index (κ2) is 6.44. The van der Waals surface area contributed by atoms with Crippen LogP contribution in [0.15, 0.2) is 18.6 Å². The number of hydrogen-bond donors (Lipinski definition) is 1. The summed E-state index contributed by atoms with van der Waals surface area (Å²) >= 11 is 0. The normalized spacial score (nSPS) is 27.7. The number of nitrogens with zero attached hydrogens (tertiary/aromatic N) is 3. The molecule has 10 heteroatoms. The minimum Gasteiger partial charge on any atom is -0.375 e. The molecule has 1 N–H and O–H groups in total. The molecule has 2 aliphatic rings. The van der Waals surface area contributed by atoms with Gasteiger partial charge >= 0.3 is 0 Å². The van der Waals surface area contributed by atoms with Crippen molar-refractivity contribution in [2.24, 2.45) is 5.92 Å². The number of aromatic nitrogens is 2. The highest BCUT2D eigenvalue weighted by molar-refractivity contribution is 7.92. The van der Waals surface area contributed by atoms with Crippen molar-refractivity contribution in [2.75, 3.05) is 32.6 Å². The molecule has 0 spiro atoms. The van der Waals surface area contributed by atoms with Crippen LogP contribution in [-0.2, 0) is 19.4 Å². The van der Waals surface area contributed by atoms with Gasteiger partial charge in [0.1, 0.15) is 12.3 Å². The fourth-order valence-corrected chi connectivity index (χ4v) is 5.62. The van der Waals surface area contributed by atoms with Gasteiger partial charge < -0.3 is 15.0 Å². The molecule has 2 fully saturated rings. The first kappa shape index (κ1) is 16.8. The maximum atomic E-state index is 12.4. The molecule has 0 aromatic carbocycles. The molecular weight excluding hydrogens is 336 g/mol. The molecule has 2 aliphatic heterocycles. The van der Waals surface area contributed by atoms with Crippen LogP contribution in [0.25, 0.3) is 0 Å². The predicted octanol–water partition coefficient (Wildman–Crippen LogP) is -1.52. The SMILES string of the molecule is COCC(=O)N[C@@H]1CS(=O)(=O)[C@H]2CN(C(=O)c3cnccn3)C[C@@H]12. The Labute approximate surface area is 139 Å². The molecule has 3 heterocycles. The lowest BCUT2D eigenvalue weighted by Gasteiger charge is -2.20. The van der Waals surface area contributed by atoms with Gasteiger partial charge in [-0.15, -0.1) is 0 Å². The molecule has 3 atom stereocenters. The average molecular weight is 354 g/mol. The molecular formula is C14H18N4O5S. The first-order valence-corrected chi connectivity index (χ1v) is 9.19. The van der Waals surface area contributed by atoms with Gasteiger partial charge in [0.25, 0.3) is 5.91 Å². The maximum absolute atomic E-state index is 12.4. The van der Waals surface area contributed by atoms with Gasteiger partial charge in [-0.3, -0.25) is 14.6 Å². The molecule has 2 amide bonds. The molecule has 0 aliphatic carbocycles. The first-order valence-electron chi connectivity index (χ1n) is 7.47. The number of amides is 2.